The van der Waals surface area contributed by atoms with Gasteiger partial charge in [0, 0.05) is 19.1 Å². The van der Waals surface area contributed by atoms with Crippen LogP contribution in [0, 0.1) is 5.92 Å². The van der Waals surface area contributed by atoms with Crippen LogP contribution >= 0.6 is 0 Å². The Balaban J connectivity index is 2.41. The first-order chi connectivity index (χ1) is 8.95. The first-order valence-electron chi connectivity index (χ1n) is 6.49. The fraction of sp³-hybridized carbons (Fsp3) is 0.750. The molecule has 1 rings (SSSR count). The van der Waals surface area contributed by atoms with Crippen LogP contribution < -0.4 is 10.6 Å². The van der Waals surface area contributed by atoms with E-state index >= 15 is 0 Å². The van der Waals surface area contributed by atoms with E-state index in [4.69, 9.17) is 5.11 Å². The van der Waals surface area contributed by atoms with Gasteiger partial charge in [0.2, 0.25) is 5.91 Å². The van der Waals surface area contributed by atoms with Crippen molar-refractivity contribution in [2.45, 2.75) is 32.7 Å². The minimum atomic E-state index is -0.811. The third-order valence-electron chi connectivity index (χ3n) is 3.26. The Hall–Kier alpha value is -1.79. The van der Waals surface area contributed by atoms with Gasteiger partial charge in [-0.05, 0) is 26.7 Å². The zero-order valence-corrected chi connectivity index (χ0v) is 11.3. The molecule has 0 aromatic carbocycles. The first-order valence-corrected chi connectivity index (χ1v) is 6.49. The Kier molecular flexibility index (Phi) is 5.59. The number of urea groups is 1. The van der Waals surface area contributed by atoms with Crippen molar-refractivity contribution in [3.05, 3.63) is 0 Å². The number of carboxylic acid groups (broad SMARTS) is 1. The van der Waals surface area contributed by atoms with Gasteiger partial charge in [-0.15, -0.1) is 0 Å². The van der Waals surface area contributed by atoms with Crippen molar-refractivity contribution in [3.63, 3.8) is 0 Å². The molecular weight excluding hydrogens is 250 g/mol. The van der Waals surface area contributed by atoms with E-state index in [1.165, 1.54) is 0 Å². The van der Waals surface area contributed by atoms with Crippen LogP contribution in [0.5, 0.6) is 0 Å². The summed E-state index contributed by atoms with van der Waals surface area (Å²) < 4.78 is 0. The van der Waals surface area contributed by atoms with Crippen molar-refractivity contribution in [3.8, 4) is 0 Å². The lowest BCUT2D eigenvalue weighted by molar-refractivity contribution is -0.143. The molecule has 2 atom stereocenters. The number of piperidine rings is 1. The molecule has 1 aliphatic heterocycles. The van der Waals surface area contributed by atoms with E-state index in [0.717, 1.165) is 0 Å². The number of amides is 3. The van der Waals surface area contributed by atoms with Gasteiger partial charge in [0.05, 0.1) is 12.5 Å². The lowest BCUT2D eigenvalue weighted by Crippen LogP contribution is -2.51. The van der Waals surface area contributed by atoms with Crippen LogP contribution in [0.1, 0.15) is 26.7 Å². The third-order valence-corrected chi connectivity index (χ3v) is 3.26. The number of likely N-dealkylation sites (N-methyl/N-ethyl adjacent to an activating group) is 1. The number of likely N-dealkylation sites (tertiary alicyclic amines) is 1. The average Bonchev–Trinajstić information content (AvgIpc) is 2.36. The van der Waals surface area contributed by atoms with Crippen molar-refractivity contribution < 1.29 is 19.5 Å². The Morgan fingerprint density at radius 2 is 2.00 bits per heavy atom. The molecule has 7 nitrogen and oxygen atoms in total. The van der Waals surface area contributed by atoms with Gasteiger partial charge >= 0.3 is 12.0 Å². The number of hydrogen-bond donors (Lipinski definition) is 3. The topological polar surface area (TPSA) is 98.7 Å². The summed E-state index contributed by atoms with van der Waals surface area (Å²) >= 11 is 0. The lowest BCUT2D eigenvalue weighted by atomic mass is 9.92. The smallest absolute Gasteiger partial charge is 0.318 e. The predicted molar refractivity (Wildman–Crippen MR) is 68.6 cm³/mol. The van der Waals surface area contributed by atoms with Crippen LogP contribution in [-0.4, -0.2) is 53.6 Å². The van der Waals surface area contributed by atoms with Crippen LogP contribution in [0.4, 0.5) is 4.79 Å². The zero-order chi connectivity index (χ0) is 14.4. The summed E-state index contributed by atoms with van der Waals surface area (Å²) in [6.45, 7) is 4.49. The van der Waals surface area contributed by atoms with E-state index in [1.54, 1.807) is 11.8 Å². The van der Waals surface area contributed by atoms with Gasteiger partial charge in [0.1, 0.15) is 0 Å². The second-order valence-corrected chi connectivity index (χ2v) is 4.71. The van der Waals surface area contributed by atoms with Crippen molar-refractivity contribution >= 4 is 17.9 Å². The second-order valence-electron chi connectivity index (χ2n) is 4.71. The highest BCUT2D eigenvalue weighted by molar-refractivity contribution is 5.84. The SMILES string of the molecule is CCNC(=O)CNC(=O)N1CCC(C(=O)O)CC1C. The molecule has 3 N–H and O–H groups in total. The molecule has 0 aromatic heterocycles. The molecule has 0 aromatic rings. The monoisotopic (exact) mass is 271 g/mol. The van der Waals surface area contributed by atoms with E-state index in [0.29, 0.717) is 25.9 Å². The molecule has 0 saturated carbocycles. The number of nitrogens with zero attached hydrogens (tertiary/aromatic N) is 1. The molecule has 1 heterocycles. The standard InChI is InChI=1S/C12H21N3O4/c1-3-13-10(16)7-14-12(19)15-5-4-9(11(17)18)6-8(15)2/h8-9H,3-7H2,1-2H3,(H,13,16)(H,14,19)(H,17,18). The highest BCUT2D eigenvalue weighted by Crippen LogP contribution is 2.22. The summed E-state index contributed by atoms with van der Waals surface area (Å²) in [5.41, 5.74) is 0. The molecule has 1 aliphatic rings. The molecule has 0 radical (unpaired) electrons. The van der Waals surface area contributed by atoms with Crippen molar-refractivity contribution in [1.29, 1.82) is 0 Å². The van der Waals surface area contributed by atoms with Crippen LogP contribution in [0.15, 0.2) is 0 Å². The molecule has 108 valence electrons. The minimum absolute atomic E-state index is 0.0573. The van der Waals surface area contributed by atoms with E-state index < -0.39 is 5.97 Å². The van der Waals surface area contributed by atoms with Gasteiger partial charge in [0.25, 0.3) is 0 Å². The van der Waals surface area contributed by atoms with E-state index in [1.807, 2.05) is 6.92 Å². The maximum Gasteiger partial charge on any atom is 0.318 e. The van der Waals surface area contributed by atoms with Gasteiger partial charge in [-0.2, -0.15) is 0 Å². The molecule has 0 bridgehead atoms. The number of hydrogen-bond acceptors (Lipinski definition) is 3. The van der Waals surface area contributed by atoms with Crippen molar-refractivity contribution in [1.82, 2.24) is 15.5 Å². The number of rotatable bonds is 4. The number of aliphatic carboxylic acids is 1. The Morgan fingerprint density at radius 1 is 1.32 bits per heavy atom. The van der Waals surface area contributed by atoms with Gasteiger partial charge in [0.15, 0.2) is 0 Å². The number of carbonyl (C=O) groups is 3. The first kappa shape index (κ1) is 15.3. The lowest BCUT2D eigenvalue weighted by Gasteiger charge is -2.36. The quantitative estimate of drug-likeness (QED) is 0.671. The van der Waals surface area contributed by atoms with Crippen molar-refractivity contribution in [2.24, 2.45) is 5.92 Å². The van der Waals surface area contributed by atoms with Crippen LogP contribution in [-0.2, 0) is 9.59 Å². The van der Waals surface area contributed by atoms with Gasteiger partial charge in [-0.3, -0.25) is 9.59 Å². The van der Waals surface area contributed by atoms with Crippen LogP contribution in [0.2, 0.25) is 0 Å². The number of carbonyl (C=O) groups excluding carboxylic acids is 2. The Labute approximate surface area is 112 Å². The van der Waals surface area contributed by atoms with Gasteiger partial charge < -0.3 is 20.6 Å². The predicted octanol–water partition coefficient (Wildman–Crippen LogP) is 0.0172. The number of carboxylic acids is 1. The Morgan fingerprint density at radius 3 is 2.53 bits per heavy atom. The largest absolute Gasteiger partial charge is 0.481 e. The summed E-state index contributed by atoms with van der Waals surface area (Å²) in [6.07, 6.45) is 0.901. The fourth-order valence-electron chi connectivity index (χ4n) is 2.22. The average molecular weight is 271 g/mol. The highest BCUT2D eigenvalue weighted by atomic mass is 16.4. The van der Waals surface area contributed by atoms with Gasteiger partial charge in [-0.25, -0.2) is 4.79 Å². The van der Waals surface area contributed by atoms with Crippen molar-refractivity contribution in [2.75, 3.05) is 19.6 Å². The zero-order valence-electron chi connectivity index (χ0n) is 11.3. The number of nitrogens with one attached hydrogen (secondary N) is 2. The van der Waals surface area contributed by atoms with E-state index in [-0.39, 0.29) is 30.4 Å². The summed E-state index contributed by atoms with van der Waals surface area (Å²) in [4.78, 5) is 35.6. The molecule has 3 amide bonds. The maximum atomic E-state index is 11.9. The second kappa shape index (κ2) is 6.96. The molecule has 1 fully saturated rings. The summed E-state index contributed by atoms with van der Waals surface area (Å²) in [5, 5.41) is 14.1. The minimum Gasteiger partial charge on any atom is -0.481 e. The molecule has 2 unspecified atom stereocenters. The van der Waals surface area contributed by atoms with Gasteiger partial charge in [-0.1, -0.05) is 0 Å². The molecule has 19 heavy (non-hydrogen) atoms. The van der Waals surface area contributed by atoms with Crippen LogP contribution in [0.25, 0.3) is 0 Å². The maximum absolute atomic E-state index is 11.9. The molecular formula is C12H21N3O4. The summed E-state index contributed by atoms with van der Waals surface area (Å²) in [7, 11) is 0. The van der Waals surface area contributed by atoms with Crippen LogP contribution in [0.3, 0.4) is 0 Å². The summed E-state index contributed by atoms with van der Waals surface area (Å²) in [6, 6.07) is -0.452. The Bertz CT molecular complexity index is 359. The third kappa shape index (κ3) is 4.42. The summed E-state index contributed by atoms with van der Waals surface area (Å²) in [5.74, 6) is -1.43. The molecule has 7 heteroatoms. The van der Waals surface area contributed by atoms with E-state index in [2.05, 4.69) is 10.6 Å². The molecule has 0 aliphatic carbocycles. The highest BCUT2D eigenvalue weighted by Gasteiger charge is 2.32. The van der Waals surface area contributed by atoms with E-state index in [9.17, 15) is 14.4 Å². The molecule has 1 saturated heterocycles. The normalized spacial score (nSPS) is 22.7. The molecule has 0 spiro atoms. The fourth-order valence-corrected chi connectivity index (χ4v) is 2.22.